The van der Waals surface area contributed by atoms with Gasteiger partial charge >= 0.3 is 0 Å². The molecule has 22 heavy (non-hydrogen) atoms. The second-order valence-corrected chi connectivity index (χ2v) is 5.51. The van der Waals surface area contributed by atoms with Crippen LogP contribution in [0.4, 0.5) is 0 Å². The van der Waals surface area contributed by atoms with Crippen LogP contribution in [0, 0.1) is 0 Å². The SMILES string of the molecule is CNC(=O)c1csc(CN(C)C(=O)c2ccccc2OC)n1. The van der Waals surface area contributed by atoms with Crippen LogP contribution >= 0.6 is 11.3 Å². The molecule has 0 saturated carbocycles. The molecule has 0 saturated heterocycles. The number of amides is 2. The summed E-state index contributed by atoms with van der Waals surface area (Å²) in [5.74, 6) is 0.139. The van der Waals surface area contributed by atoms with E-state index in [1.165, 1.54) is 18.4 Å². The molecule has 0 spiro atoms. The molecule has 116 valence electrons. The smallest absolute Gasteiger partial charge is 0.270 e. The average molecular weight is 319 g/mol. The number of rotatable bonds is 5. The molecule has 6 nitrogen and oxygen atoms in total. The lowest BCUT2D eigenvalue weighted by atomic mass is 10.2. The van der Waals surface area contributed by atoms with Crippen LogP contribution in [0.25, 0.3) is 0 Å². The predicted molar refractivity (Wildman–Crippen MR) is 84.3 cm³/mol. The minimum Gasteiger partial charge on any atom is -0.496 e. The van der Waals surface area contributed by atoms with Crippen LogP contribution in [0.2, 0.25) is 0 Å². The van der Waals surface area contributed by atoms with Gasteiger partial charge in [-0.25, -0.2) is 4.98 Å². The Kier molecular flexibility index (Phi) is 5.11. The van der Waals surface area contributed by atoms with E-state index < -0.39 is 0 Å². The molecule has 0 fully saturated rings. The Morgan fingerprint density at radius 1 is 1.36 bits per heavy atom. The van der Waals surface area contributed by atoms with Crippen molar-refractivity contribution in [1.29, 1.82) is 0 Å². The molecule has 1 aromatic heterocycles. The van der Waals surface area contributed by atoms with Gasteiger partial charge < -0.3 is 15.0 Å². The summed E-state index contributed by atoms with van der Waals surface area (Å²) in [6.07, 6.45) is 0. The van der Waals surface area contributed by atoms with Crippen LogP contribution in [0.3, 0.4) is 0 Å². The largest absolute Gasteiger partial charge is 0.496 e. The Morgan fingerprint density at radius 2 is 2.09 bits per heavy atom. The van der Waals surface area contributed by atoms with Gasteiger partial charge in [0.15, 0.2) is 0 Å². The standard InChI is InChI=1S/C15H17N3O3S/c1-16-14(19)11-9-22-13(17-11)8-18(2)15(20)10-6-4-5-7-12(10)21-3/h4-7,9H,8H2,1-3H3,(H,16,19). The highest BCUT2D eigenvalue weighted by molar-refractivity contribution is 7.09. The van der Waals surface area contributed by atoms with E-state index in [1.54, 1.807) is 42.6 Å². The number of carbonyl (C=O) groups excluding carboxylic acids is 2. The molecule has 0 unspecified atom stereocenters. The van der Waals surface area contributed by atoms with Gasteiger partial charge in [0.25, 0.3) is 11.8 Å². The number of aromatic nitrogens is 1. The number of ether oxygens (including phenoxy) is 1. The maximum Gasteiger partial charge on any atom is 0.270 e. The van der Waals surface area contributed by atoms with Gasteiger partial charge in [0, 0.05) is 19.5 Å². The summed E-state index contributed by atoms with van der Waals surface area (Å²) in [5, 5.41) is 4.89. The highest BCUT2D eigenvalue weighted by Gasteiger charge is 2.18. The summed E-state index contributed by atoms with van der Waals surface area (Å²) in [6, 6.07) is 7.06. The van der Waals surface area contributed by atoms with Crippen molar-refractivity contribution < 1.29 is 14.3 Å². The summed E-state index contributed by atoms with van der Waals surface area (Å²) in [4.78, 5) is 29.7. The molecule has 2 amide bonds. The average Bonchev–Trinajstić information content (AvgIpc) is 3.01. The number of thiazole rings is 1. The van der Waals surface area contributed by atoms with Gasteiger partial charge in [-0.2, -0.15) is 0 Å². The molecule has 0 bridgehead atoms. The number of hydrogen-bond acceptors (Lipinski definition) is 5. The monoisotopic (exact) mass is 319 g/mol. The molecule has 1 N–H and O–H groups in total. The van der Waals surface area contributed by atoms with Crippen molar-refractivity contribution >= 4 is 23.2 Å². The Bertz CT molecular complexity index is 684. The molecule has 0 aliphatic carbocycles. The lowest BCUT2D eigenvalue weighted by molar-refractivity contribution is 0.0781. The third kappa shape index (κ3) is 3.43. The van der Waals surface area contributed by atoms with E-state index >= 15 is 0 Å². The van der Waals surface area contributed by atoms with Crippen LogP contribution in [0.5, 0.6) is 5.75 Å². The van der Waals surface area contributed by atoms with Crippen LogP contribution in [-0.2, 0) is 6.54 Å². The number of nitrogens with one attached hydrogen (secondary N) is 1. The first-order valence-corrected chi connectivity index (χ1v) is 7.49. The molecule has 0 atom stereocenters. The lowest BCUT2D eigenvalue weighted by Crippen LogP contribution is -2.26. The molecule has 0 aliphatic heterocycles. The molecular weight excluding hydrogens is 302 g/mol. The zero-order valence-electron chi connectivity index (χ0n) is 12.6. The van der Waals surface area contributed by atoms with Gasteiger partial charge in [0.2, 0.25) is 0 Å². The van der Waals surface area contributed by atoms with Crippen LogP contribution in [-0.4, -0.2) is 42.9 Å². The van der Waals surface area contributed by atoms with Crippen molar-refractivity contribution in [3.8, 4) is 5.75 Å². The van der Waals surface area contributed by atoms with E-state index in [2.05, 4.69) is 10.3 Å². The number of nitrogens with zero attached hydrogens (tertiary/aromatic N) is 2. The summed E-state index contributed by atoms with van der Waals surface area (Å²) in [6.45, 7) is 0.332. The van der Waals surface area contributed by atoms with Crippen LogP contribution in [0.1, 0.15) is 25.9 Å². The summed E-state index contributed by atoms with van der Waals surface area (Å²) < 4.78 is 5.20. The topological polar surface area (TPSA) is 71.5 Å². The zero-order chi connectivity index (χ0) is 16.1. The molecule has 0 radical (unpaired) electrons. The van der Waals surface area contributed by atoms with Crippen molar-refractivity contribution in [3.05, 3.63) is 45.9 Å². The molecule has 0 aliphatic rings. The van der Waals surface area contributed by atoms with Crippen molar-refractivity contribution in [2.24, 2.45) is 0 Å². The van der Waals surface area contributed by atoms with Gasteiger partial charge in [-0.3, -0.25) is 9.59 Å². The Morgan fingerprint density at radius 3 is 2.77 bits per heavy atom. The molecule has 2 aromatic rings. The van der Waals surface area contributed by atoms with E-state index in [-0.39, 0.29) is 11.8 Å². The van der Waals surface area contributed by atoms with Crippen molar-refractivity contribution in [3.63, 3.8) is 0 Å². The molecule has 7 heteroatoms. The summed E-state index contributed by atoms with van der Waals surface area (Å²) in [7, 11) is 4.77. The third-order valence-corrected chi connectivity index (χ3v) is 3.90. The third-order valence-electron chi connectivity index (χ3n) is 3.07. The lowest BCUT2D eigenvalue weighted by Gasteiger charge is -2.17. The number of carbonyl (C=O) groups is 2. The zero-order valence-corrected chi connectivity index (χ0v) is 13.4. The number of benzene rings is 1. The number of hydrogen-bond donors (Lipinski definition) is 1. The highest BCUT2D eigenvalue weighted by Crippen LogP contribution is 2.20. The fraction of sp³-hybridized carbons (Fsp3) is 0.267. The van der Waals surface area contributed by atoms with E-state index in [4.69, 9.17) is 4.74 Å². The second-order valence-electron chi connectivity index (χ2n) is 4.57. The maximum atomic E-state index is 12.5. The van der Waals surface area contributed by atoms with E-state index in [0.29, 0.717) is 28.6 Å². The van der Waals surface area contributed by atoms with Gasteiger partial charge in [0.05, 0.1) is 19.2 Å². The predicted octanol–water partition coefficient (Wildman–Crippen LogP) is 1.78. The first-order chi connectivity index (χ1) is 10.6. The minimum atomic E-state index is -0.235. The molecule has 1 aromatic carbocycles. The van der Waals surface area contributed by atoms with Crippen molar-refractivity contribution in [2.45, 2.75) is 6.54 Å². The first kappa shape index (κ1) is 16.0. The van der Waals surface area contributed by atoms with Crippen molar-refractivity contribution in [2.75, 3.05) is 21.2 Å². The van der Waals surface area contributed by atoms with Crippen molar-refractivity contribution in [1.82, 2.24) is 15.2 Å². The van der Waals surface area contributed by atoms with Gasteiger partial charge in [-0.1, -0.05) is 12.1 Å². The minimum absolute atomic E-state index is 0.158. The number of para-hydroxylation sites is 1. The van der Waals surface area contributed by atoms with Gasteiger partial charge in [-0.15, -0.1) is 11.3 Å². The second kappa shape index (κ2) is 7.04. The Hall–Kier alpha value is -2.41. The highest BCUT2D eigenvalue weighted by atomic mass is 32.1. The maximum absolute atomic E-state index is 12.5. The fourth-order valence-corrected chi connectivity index (χ4v) is 2.74. The van der Waals surface area contributed by atoms with E-state index in [1.807, 2.05) is 6.07 Å². The van der Waals surface area contributed by atoms with E-state index in [0.717, 1.165) is 0 Å². The fourth-order valence-electron chi connectivity index (χ4n) is 1.92. The van der Waals surface area contributed by atoms with Crippen LogP contribution in [0.15, 0.2) is 29.6 Å². The van der Waals surface area contributed by atoms with E-state index in [9.17, 15) is 9.59 Å². The molecular formula is C15H17N3O3S. The molecule has 2 rings (SSSR count). The summed E-state index contributed by atoms with van der Waals surface area (Å²) >= 11 is 1.35. The molecule has 1 heterocycles. The normalized spacial score (nSPS) is 10.1. The quantitative estimate of drug-likeness (QED) is 0.912. The Balaban J connectivity index is 2.11. The summed E-state index contributed by atoms with van der Waals surface area (Å²) in [5.41, 5.74) is 0.858. The Labute approximate surface area is 132 Å². The van der Waals surface area contributed by atoms with Crippen LogP contribution < -0.4 is 10.1 Å². The number of methoxy groups -OCH3 is 1. The van der Waals surface area contributed by atoms with Gasteiger partial charge in [-0.05, 0) is 12.1 Å². The first-order valence-electron chi connectivity index (χ1n) is 6.61. The van der Waals surface area contributed by atoms with Gasteiger partial charge in [0.1, 0.15) is 16.5 Å².